The average Bonchev–Trinajstić information content (AvgIpc) is 2.39. The molecule has 0 aliphatic rings. The van der Waals surface area contributed by atoms with E-state index >= 15 is 0 Å². The highest BCUT2D eigenvalue weighted by molar-refractivity contribution is 6.33. The fourth-order valence-corrected chi connectivity index (χ4v) is 2.09. The molecule has 0 atom stereocenters. The molecule has 0 amide bonds. The Kier molecular flexibility index (Phi) is 4.70. The lowest BCUT2D eigenvalue weighted by Crippen LogP contribution is -1.99. The van der Waals surface area contributed by atoms with E-state index in [2.05, 4.69) is 0 Å². The molecule has 7 heteroatoms. The zero-order valence-electron chi connectivity index (χ0n) is 9.98. The van der Waals surface area contributed by atoms with Gasteiger partial charge < -0.3 is 4.74 Å². The van der Waals surface area contributed by atoms with Crippen LogP contribution in [0.4, 0.5) is 5.69 Å². The van der Waals surface area contributed by atoms with Gasteiger partial charge in [0.15, 0.2) is 5.75 Å². The van der Waals surface area contributed by atoms with Crippen LogP contribution in [0.15, 0.2) is 36.4 Å². The van der Waals surface area contributed by atoms with E-state index in [4.69, 9.17) is 39.5 Å². The third-order valence-electron chi connectivity index (χ3n) is 2.51. The van der Waals surface area contributed by atoms with Gasteiger partial charge in [-0.05, 0) is 24.3 Å². The molecule has 0 aliphatic heterocycles. The minimum absolute atomic E-state index is 0.0561. The summed E-state index contributed by atoms with van der Waals surface area (Å²) in [6.07, 6.45) is 0. The Morgan fingerprint density at radius 1 is 1.05 bits per heavy atom. The first-order valence-corrected chi connectivity index (χ1v) is 6.61. The first-order chi connectivity index (χ1) is 9.47. The highest BCUT2D eigenvalue weighted by Gasteiger charge is 2.16. The Balaban J connectivity index is 2.24. The third-order valence-corrected chi connectivity index (χ3v) is 3.35. The molecule has 0 N–H and O–H groups in total. The predicted octanol–water partition coefficient (Wildman–Crippen LogP) is 5.13. The van der Waals surface area contributed by atoms with Crippen LogP contribution in [0.5, 0.6) is 5.75 Å². The van der Waals surface area contributed by atoms with Crippen molar-refractivity contribution in [1.29, 1.82) is 0 Å². The molecule has 0 radical (unpaired) electrons. The van der Waals surface area contributed by atoms with E-state index < -0.39 is 4.92 Å². The minimum Gasteiger partial charge on any atom is -0.482 e. The van der Waals surface area contributed by atoms with Gasteiger partial charge in [0.05, 0.1) is 4.92 Å². The molecule has 0 saturated carbocycles. The monoisotopic (exact) mass is 331 g/mol. The molecular formula is C13H8Cl3NO3. The lowest BCUT2D eigenvalue weighted by molar-refractivity contribution is -0.385. The quantitative estimate of drug-likeness (QED) is 0.576. The van der Waals surface area contributed by atoms with Crippen molar-refractivity contribution in [3.05, 3.63) is 67.1 Å². The maximum atomic E-state index is 10.9. The lowest BCUT2D eigenvalue weighted by atomic mass is 10.2. The van der Waals surface area contributed by atoms with Gasteiger partial charge in [-0.15, -0.1) is 0 Å². The van der Waals surface area contributed by atoms with E-state index in [1.807, 2.05) is 0 Å². The molecule has 0 aliphatic carbocycles. The summed E-state index contributed by atoms with van der Waals surface area (Å²) in [5.74, 6) is 0.0820. The Bertz CT molecular complexity index is 661. The van der Waals surface area contributed by atoms with Crippen molar-refractivity contribution in [3.63, 3.8) is 0 Å². The molecule has 104 valence electrons. The highest BCUT2D eigenvalue weighted by Crippen LogP contribution is 2.31. The molecule has 2 aromatic carbocycles. The van der Waals surface area contributed by atoms with Crippen molar-refractivity contribution >= 4 is 40.5 Å². The first kappa shape index (κ1) is 14.9. The van der Waals surface area contributed by atoms with Crippen LogP contribution >= 0.6 is 34.8 Å². The molecule has 4 nitrogen and oxygen atoms in total. The van der Waals surface area contributed by atoms with Gasteiger partial charge >= 0.3 is 5.69 Å². The van der Waals surface area contributed by atoms with Crippen LogP contribution < -0.4 is 4.74 Å². The summed E-state index contributed by atoms with van der Waals surface area (Å²) in [4.78, 5) is 10.4. The van der Waals surface area contributed by atoms with Crippen LogP contribution in [0, 0.1) is 10.1 Å². The normalized spacial score (nSPS) is 10.3. The average molecular weight is 333 g/mol. The van der Waals surface area contributed by atoms with Crippen molar-refractivity contribution in [3.8, 4) is 5.75 Å². The Morgan fingerprint density at radius 2 is 1.70 bits per heavy atom. The van der Waals surface area contributed by atoms with Crippen LogP contribution in [0.2, 0.25) is 15.1 Å². The molecular weight excluding hydrogens is 325 g/mol. The summed E-state index contributed by atoms with van der Waals surface area (Å²) >= 11 is 17.7. The Morgan fingerprint density at radius 3 is 2.40 bits per heavy atom. The number of benzene rings is 2. The van der Waals surface area contributed by atoms with E-state index in [-0.39, 0.29) is 18.0 Å². The summed E-state index contributed by atoms with van der Waals surface area (Å²) in [7, 11) is 0. The van der Waals surface area contributed by atoms with Gasteiger partial charge in [-0.25, -0.2) is 0 Å². The molecule has 20 heavy (non-hydrogen) atoms. The highest BCUT2D eigenvalue weighted by atomic mass is 35.5. The van der Waals surface area contributed by atoms with Crippen molar-refractivity contribution in [1.82, 2.24) is 0 Å². The molecule has 0 bridgehead atoms. The summed E-state index contributed by atoms with van der Waals surface area (Å²) in [6, 6.07) is 9.03. The van der Waals surface area contributed by atoms with Gasteiger partial charge in [0.1, 0.15) is 6.61 Å². The van der Waals surface area contributed by atoms with Gasteiger partial charge in [0.2, 0.25) is 0 Å². The lowest BCUT2D eigenvalue weighted by Gasteiger charge is -2.09. The Labute approximate surface area is 130 Å². The zero-order chi connectivity index (χ0) is 14.7. The summed E-state index contributed by atoms with van der Waals surface area (Å²) in [5.41, 5.74) is 0.473. The number of nitrogens with zero attached hydrogens (tertiary/aromatic N) is 1. The van der Waals surface area contributed by atoms with Crippen molar-refractivity contribution in [2.75, 3.05) is 0 Å². The number of nitro benzene ring substituents is 1. The van der Waals surface area contributed by atoms with Crippen LogP contribution in [0.1, 0.15) is 5.56 Å². The third kappa shape index (κ3) is 3.54. The van der Waals surface area contributed by atoms with Crippen LogP contribution in [0.25, 0.3) is 0 Å². The molecule has 0 fully saturated rings. The number of hydrogen-bond acceptors (Lipinski definition) is 3. The zero-order valence-corrected chi connectivity index (χ0v) is 12.2. The van der Waals surface area contributed by atoms with Crippen LogP contribution in [0.3, 0.4) is 0 Å². The van der Waals surface area contributed by atoms with Gasteiger partial charge in [0.25, 0.3) is 0 Å². The molecule has 0 saturated heterocycles. The molecule has 2 aromatic rings. The topological polar surface area (TPSA) is 52.4 Å². The number of hydrogen-bond donors (Lipinski definition) is 0. The molecule has 0 unspecified atom stereocenters. The van der Waals surface area contributed by atoms with E-state index in [1.54, 1.807) is 18.2 Å². The molecule has 2 rings (SSSR count). The fraction of sp³-hybridized carbons (Fsp3) is 0.0769. The number of rotatable bonds is 4. The SMILES string of the molecule is O=[N+]([O-])c1ccc(Cl)cc1OCc1cc(Cl)ccc1Cl. The number of nitro groups is 1. The number of halogens is 3. The second-order valence-corrected chi connectivity index (χ2v) is 5.17. The maximum Gasteiger partial charge on any atom is 0.311 e. The molecule has 0 spiro atoms. The van der Waals surface area contributed by atoms with Gasteiger partial charge in [-0.3, -0.25) is 10.1 Å². The van der Waals surface area contributed by atoms with Crippen LogP contribution in [-0.2, 0) is 6.61 Å². The predicted molar refractivity (Wildman–Crippen MR) is 78.9 cm³/mol. The van der Waals surface area contributed by atoms with E-state index in [9.17, 15) is 10.1 Å². The van der Waals surface area contributed by atoms with Gasteiger partial charge in [-0.2, -0.15) is 0 Å². The van der Waals surface area contributed by atoms with E-state index in [1.165, 1.54) is 18.2 Å². The summed E-state index contributed by atoms with van der Waals surface area (Å²) in [6.45, 7) is 0.0561. The van der Waals surface area contributed by atoms with E-state index in [0.717, 1.165) is 0 Å². The smallest absolute Gasteiger partial charge is 0.311 e. The van der Waals surface area contributed by atoms with Crippen molar-refractivity contribution in [2.24, 2.45) is 0 Å². The van der Waals surface area contributed by atoms with Gasteiger partial charge in [-0.1, -0.05) is 34.8 Å². The maximum absolute atomic E-state index is 10.9. The summed E-state index contributed by atoms with van der Waals surface area (Å²) < 4.78 is 5.43. The van der Waals surface area contributed by atoms with E-state index in [0.29, 0.717) is 20.6 Å². The Hall–Kier alpha value is -1.49. The standard InChI is InChI=1S/C13H8Cl3NO3/c14-9-1-3-11(16)8(5-9)7-20-13-6-10(15)2-4-12(13)17(18)19/h1-6H,7H2. The van der Waals surface area contributed by atoms with Crippen molar-refractivity contribution < 1.29 is 9.66 Å². The largest absolute Gasteiger partial charge is 0.482 e. The second kappa shape index (κ2) is 6.31. The van der Waals surface area contributed by atoms with Crippen molar-refractivity contribution in [2.45, 2.75) is 6.61 Å². The van der Waals surface area contributed by atoms with Crippen LogP contribution in [-0.4, -0.2) is 4.92 Å². The van der Waals surface area contributed by atoms with Gasteiger partial charge in [0, 0.05) is 32.8 Å². The number of ether oxygens (including phenoxy) is 1. The fourth-order valence-electron chi connectivity index (χ4n) is 1.56. The summed E-state index contributed by atoms with van der Waals surface area (Å²) in [5, 5.41) is 12.2. The molecule has 0 aromatic heterocycles. The minimum atomic E-state index is -0.536. The second-order valence-electron chi connectivity index (χ2n) is 3.89. The first-order valence-electron chi connectivity index (χ1n) is 5.48. The molecule has 0 heterocycles.